The lowest BCUT2D eigenvalue weighted by Gasteiger charge is -2.08. The number of rotatable bonds is 2. The Morgan fingerprint density at radius 1 is 1.12 bits per heavy atom. The van der Waals surface area contributed by atoms with Crippen LogP contribution in [0.25, 0.3) is 11.3 Å². The molecule has 0 radical (unpaired) electrons. The first-order valence-electron chi connectivity index (χ1n) is 5.33. The van der Waals surface area contributed by atoms with Gasteiger partial charge >= 0.3 is 7.12 Å². The zero-order valence-electron chi connectivity index (χ0n) is 9.75. The summed E-state index contributed by atoms with van der Waals surface area (Å²) in [7, 11) is -1.56. The number of aryl methyl sites for hydroxylation is 2. The van der Waals surface area contributed by atoms with E-state index in [-0.39, 0.29) is 0 Å². The van der Waals surface area contributed by atoms with Gasteiger partial charge in [0.25, 0.3) is 0 Å². The van der Waals surface area contributed by atoms with Gasteiger partial charge in [0, 0.05) is 17.2 Å². The summed E-state index contributed by atoms with van der Waals surface area (Å²) in [6.07, 6.45) is 2.82. The minimum Gasteiger partial charge on any atom is -0.423 e. The minimum absolute atomic E-state index is 0.316. The summed E-state index contributed by atoms with van der Waals surface area (Å²) in [5.41, 5.74) is 4.06. The predicted octanol–water partition coefficient (Wildman–Crippen LogP) is 0.440. The van der Waals surface area contributed by atoms with Gasteiger partial charge in [0.2, 0.25) is 0 Å². The van der Waals surface area contributed by atoms with Crippen molar-refractivity contribution >= 4 is 12.6 Å². The van der Waals surface area contributed by atoms with Gasteiger partial charge < -0.3 is 10.0 Å². The monoisotopic (exact) mass is 228 g/mol. The number of benzene rings is 1. The molecule has 0 unspecified atom stereocenters. The van der Waals surface area contributed by atoms with Crippen molar-refractivity contribution in [3.63, 3.8) is 0 Å². The molecule has 2 N–H and O–H groups in total. The van der Waals surface area contributed by atoms with Gasteiger partial charge in [-0.05, 0) is 31.0 Å². The van der Waals surface area contributed by atoms with E-state index in [9.17, 15) is 10.0 Å². The van der Waals surface area contributed by atoms with Gasteiger partial charge in [0.15, 0.2) is 0 Å². The average Bonchev–Trinajstić information content (AvgIpc) is 2.32. The highest BCUT2D eigenvalue weighted by molar-refractivity contribution is 6.60. The van der Waals surface area contributed by atoms with Gasteiger partial charge in [-0.3, -0.25) is 0 Å². The van der Waals surface area contributed by atoms with E-state index in [2.05, 4.69) is 9.97 Å². The summed E-state index contributed by atoms with van der Waals surface area (Å²) in [5, 5.41) is 18.5. The van der Waals surface area contributed by atoms with Crippen LogP contribution < -0.4 is 5.46 Å². The van der Waals surface area contributed by atoms with Crippen molar-refractivity contribution in [3.8, 4) is 11.3 Å². The van der Waals surface area contributed by atoms with Gasteiger partial charge in [0.1, 0.15) is 6.33 Å². The third-order valence-corrected chi connectivity index (χ3v) is 2.80. The molecule has 0 atom stereocenters. The number of hydrogen-bond acceptors (Lipinski definition) is 4. The van der Waals surface area contributed by atoms with Crippen LogP contribution in [-0.4, -0.2) is 27.1 Å². The number of hydrogen-bond donors (Lipinski definition) is 2. The molecule has 0 aliphatic carbocycles. The molecule has 17 heavy (non-hydrogen) atoms. The SMILES string of the molecule is Cc1ccc(-c2ncncc2B(O)O)cc1C. The molecule has 86 valence electrons. The molecule has 0 aliphatic rings. The van der Waals surface area contributed by atoms with Gasteiger partial charge in [0.05, 0.1) is 5.69 Å². The Morgan fingerprint density at radius 3 is 2.53 bits per heavy atom. The second-order valence-electron chi connectivity index (χ2n) is 4.00. The van der Waals surface area contributed by atoms with Gasteiger partial charge in [-0.25, -0.2) is 9.97 Å². The van der Waals surface area contributed by atoms with Crippen molar-refractivity contribution in [2.75, 3.05) is 0 Å². The molecule has 0 spiro atoms. The van der Waals surface area contributed by atoms with Crippen LogP contribution >= 0.6 is 0 Å². The Hall–Kier alpha value is -1.72. The molecule has 1 aromatic heterocycles. The zero-order valence-corrected chi connectivity index (χ0v) is 9.75. The van der Waals surface area contributed by atoms with E-state index in [1.807, 2.05) is 32.0 Å². The summed E-state index contributed by atoms with van der Waals surface area (Å²) in [4.78, 5) is 7.91. The van der Waals surface area contributed by atoms with E-state index < -0.39 is 7.12 Å². The highest BCUT2D eigenvalue weighted by Crippen LogP contribution is 2.18. The lowest BCUT2D eigenvalue weighted by Crippen LogP contribution is -2.32. The average molecular weight is 228 g/mol. The second kappa shape index (κ2) is 4.65. The third kappa shape index (κ3) is 2.35. The van der Waals surface area contributed by atoms with Gasteiger partial charge in [-0.15, -0.1) is 0 Å². The Labute approximate surface area is 100 Å². The minimum atomic E-state index is -1.56. The molecule has 2 rings (SSSR count). The van der Waals surface area contributed by atoms with Crippen molar-refractivity contribution < 1.29 is 10.0 Å². The van der Waals surface area contributed by atoms with E-state index in [1.165, 1.54) is 18.1 Å². The molecule has 4 nitrogen and oxygen atoms in total. The Kier molecular flexibility index (Phi) is 3.22. The molecule has 2 aromatic rings. The first kappa shape index (κ1) is 11.8. The highest BCUT2D eigenvalue weighted by Gasteiger charge is 2.18. The molecular formula is C12H13BN2O2. The summed E-state index contributed by atoms with van der Waals surface area (Å²) < 4.78 is 0. The molecular weight excluding hydrogens is 215 g/mol. The fraction of sp³-hybridized carbons (Fsp3) is 0.167. The summed E-state index contributed by atoms with van der Waals surface area (Å²) in [6.45, 7) is 4.04. The van der Waals surface area contributed by atoms with E-state index in [0.29, 0.717) is 11.2 Å². The lowest BCUT2D eigenvalue weighted by atomic mass is 9.78. The lowest BCUT2D eigenvalue weighted by molar-refractivity contribution is 0.425. The first-order valence-corrected chi connectivity index (χ1v) is 5.33. The highest BCUT2D eigenvalue weighted by atomic mass is 16.4. The van der Waals surface area contributed by atoms with E-state index >= 15 is 0 Å². The predicted molar refractivity (Wildman–Crippen MR) is 66.8 cm³/mol. The van der Waals surface area contributed by atoms with E-state index in [4.69, 9.17) is 0 Å². The van der Waals surface area contributed by atoms with Crippen LogP contribution in [0.3, 0.4) is 0 Å². The normalized spacial score (nSPS) is 10.4. The summed E-state index contributed by atoms with van der Waals surface area (Å²) in [6, 6.07) is 5.88. The van der Waals surface area contributed by atoms with Crippen molar-refractivity contribution in [3.05, 3.63) is 41.9 Å². The van der Waals surface area contributed by atoms with Crippen LogP contribution in [-0.2, 0) is 0 Å². The quantitative estimate of drug-likeness (QED) is 0.732. The Bertz CT molecular complexity index is 544. The van der Waals surface area contributed by atoms with Crippen LogP contribution in [0.4, 0.5) is 0 Å². The van der Waals surface area contributed by atoms with Crippen molar-refractivity contribution in [1.29, 1.82) is 0 Å². The third-order valence-electron chi connectivity index (χ3n) is 2.80. The molecule has 5 heteroatoms. The molecule has 0 fully saturated rings. The Balaban J connectivity index is 2.56. The maximum atomic E-state index is 9.27. The standard InChI is InChI=1S/C12H13BN2O2/c1-8-3-4-10(5-9(8)2)12-11(13(16)17)6-14-7-15-12/h3-7,16-17H,1-2H3. The molecule has 0 saturated heterocycles. The van der Waals surface area contributed by atoms with Crippen LogP contribution in [0.2, 0.25) is 0 Å². The Morgan fingerprint density at radius 2 is 1.88 bits per heavy atom. The molecule has 0 bridgehead atoms. The maximum absolute atomic E-state index is 9.27. The van der Waals surface area contributed by atoms with E-state index in [1.54, 1.807) is 0 Å². The smallest absolute Gasteiger partial charge is 0.423 e. The van der Waals surface area contributed by atoms with Crippen LogP contribution in [0.15, 0.2) is 30.7 Å². The number of aromatic nitrogens is 2. The largest absolute Gasteiger partial charge is 0.492 e. The molecule has 1 heterocycles. The fourth-order valence-corrected chi connectivity index (χ4v) is 1.66. The topological polar surface area (TPSA) is 66.2 Å². The summed E-state index contributed by atoms with van der Waals surface area (Å²) >= 11 is 0. The van der Waals surface area contributed by atoms with Crippen molar-refractivity contribution in [2.45, 2.75) is 13.8 Å². The van der Waals surface area contributed by atoms with Gasteiger partial charge in [-0.1, -0.05) is 12.1 Å². The zero-order chi connectivity index (χ0) is 12.4. The number of nitrogens with zero attached hydrogens (tertiary/aromatic N) is 2. The van der Waals surface area contributed by atoms with Crippen molar-refractivity contribution in [1.82, 2.24) is 9.97 Å². The van der Waals surface area contributed by atoms with Crippen molar-refractivity contribution in [2.24, 2.45) is 0 Å². The first-order chi connectivity index (χ1) is 8.09. The van der Waals surface area contributed by atoms with E-state index in [0.717, 1.165) is 11.1 Å². The molecule has 0 aliphatic heterocycles. The van der Waals surface area contributed by atoms with Crippen LogP contribution in [0, 0.1) is 13.8 Å². The maximum Gasteiger partial charge on any atom is 0.492 e. The fourth-order valence-electron chi connectivity index (χ4n) is 1.66. The van der Waals surface area contributed by atoms with Gasteiger partial charge in [-0.2, -0.15) is 0 Å². The van der Waals surface area contributed by atoms with Crippen LogP contribution in [0.1, 0.15) is 11.1 Å². The molecule has 0 saturated carbocycles. The molecule has 0 amide bonds. The summed E-state index contributed by atoms with van der Waals surface area (Å²) in [5.74, 6) is 0. The van der Waals surface area contributed by atoms with Crippen LogP contribution in [0.5, 0.6) is 0 Å². The second-order valence-corrected chi connectivity index (χ2v) is 4.00. The molecule has 1 aromatic carbocycles.